The largest absolute Gasteiger partial charge is 0.269 e. The number of nitrogens with zero attached hydrogens (tertiary/aromatic N) is 2. The molecule has 0 fully saturated rings. The third-order valence-electron chi connectivity index (χ3n) is 4.35. The van der Waals surface area contributed by atoms with Gasteiger partial charge in [0.1, 0.15) is 5.01 Å². The summed E-state index contributed by atoms with van der Waals surface area (Å²) in [6.07, 6.45) is 0. The topological polar surface area (TPSA) is 102 Å². The lowest BCUT2D eigenvalue weighted by atomic mass is 10.1. The SMILES string of the molecule is Cc1ccccc1-c1nc(C)c(CNS(=O)(=O)c2ccc([N+](=O)[O-])cc2C)s1. The Labute approximate surface area is 167 Å². The molecule has 0 spiro atoms. The van der Waals surface area contributed by atoms with Crippen LogP contribution >= 0.6 is 11.3 Å². The number of hydrogen-bond donors (Lipinski definition) is 1. The molecule has 0 saturated carbocycles. The molecule has 0 radical (unpaired) electrons. The molecule has 3 aromatic rings. The van der Waals surface area contributed by atoms with Gasteiger partial charge in [0.15, 0.2) is 0 Å². The summed E-state index contributed by atoms with van der Waals surface area (Å²) in [6.45, 7) is 5.49. The number of non-ortho nitro benzene ring substituents is 1. The molecule has 9 heteroatoms. The van der Waals surface area contributed by atoms with E-state index in [-0.39, 0.29) is 17.1 Å². The summed E-state index contributed by atoms with van der Waals surface area (Å²) in [5.41, 5.74) is 3.08. The molecule has 7 nitrogen and oxygen atoms in total. The van der Waals surface area contributed by atoms with Gasteiger partial charge < -0.3 is 0 Å². The lowest BCUT2D eigenvalue weighted by molar-refractivity contribution is -0.385. The van der Waals surface area contributed by atoms with Crippen molar-refractivity contribution in [1.29, 1.82) is 0 Å². The highest BCUT2D eigenvalue weighted by Crippen LogP contribution is 2.30. The van der Waals surface area contributed by atoms with E-state index in [2.05, 4.69) is 9.71 Å². The average molecular weight is 418 g/mol. The Bertz CT molecular complexity index is 1150. The van der Waals surface area contributed by atoms with Gasteiger partial charge in [-0.25, -0.2) is 18.1 Å². The Balaban J connectivity index is 1.82. The molecule has 0 aliphatic carbocycles. The van der Waals surface area contributed by atoms with Crippen molar-refractivity contribution in [2.45, 2.75) is 32.2 Å². The van der Waals surface area contributed by atoms with Crippen LogP contribution in [0.25, 0.3) is 10.6 Å². The van der Waals surface area contributed by atoms with E-state index in [0.717, 1.165) is 26.7 Å². The normalized spacial score (nSPS) is 11.5. The Hall–Kier alpha value is -2.62. The van der Waals surface area contributed by atoms with E-state index in [1.807, 2.05) is 38.1 Å². The number of rotatable bonds is 6. The van der Waals surface area contributed by atoms with E-state index in [9.17, 15) is 18.5 Å². The number of aryl methyl sites for hydroxylation is 3. The second-order valence-corrected chi connectivity index (χ2v) is 9.19. The van der Waals surface area contributed by atoms with E-state index in [1.165, 1.54) is 36.5 Å². The van der Waals surface area contributed by atoms with Gasteiger partial charge in [-0.3, -0.25) is 10.1 Å². The van der Waals surface area contributed by atoms with Crippen molar-refractivity contribution in [2.75, 3.05) is 0 Å². The number of benzene rings is 2. The van der Waals surface area contributed by atoms with Crippen molar-refractivity contribution in [2.24, 2.45) is 0 Å². The van der Waals surface area contributed by atoms with Gasteiger partial charge in [-0.1, -0.05) is 24.3 Å². The van der Waals surface area contributed by atoms with Crippen LogP contribution in [-0.4, -0.2) is 18.3 Å². The molecule has 0 aliphatic heterocycles. The molecule has 2 aromatic carbocycles. The van der Waals surface area contributed by atoms with Crippen molar-refractivity contribution < 1.29 is 13.3 Å². The van der Waals surface area contributed by atoms with Gasteiger partial charge in [-0.2, -0.15) is 0 Å². The van der Waals surface area contributed by atoms with Gasteiger partial charge in [0.05, 0.1) is 15.5 Å². The van der Waals surface area contributed by atoms with Crippen LogP contribution in [0.3, 0.4) is 0 Å². The van der Waals surface area contributed by atoms with Crippen molar-refractivity contribution in [1.82, 2.24) is 9.71 Å². The Morgan fingerprint density at radius 1 is 1.11 bits per heavy atom. The lowest BCUT2D eigenvalue weighted by Gasteiger charge is -2.08. The number of nitro groups is 1. The third kappa shape index (κ3) is 4.11. The highest BCUT2D eigenvalue weighted by atomic mass is 32.2. The fraction of sp³-hybridized carbons (Fsp3) is 0.211. The maximum Gasteiger partial charge on any atom is 0.269 e. The van der Waals surface area contributed by atoms with Crippen LogP contribution < -0.4 is 4.72 Å². The van der Waals surface area contributed by atoms with Gasteiger partial charge in [0.2, 0.25) is 10.0 Å². The fourth-order valence-corrected chi connectivity index (χ4v) is 5.21. The van der Waals surface area contributed by atoms with E-state index < -0.39 is 14.9 Å². The minimum atomic E-state index is -3.81. The number of sulfonamides is 1. The molecule has 0 atom stereocenters. The van der Waals surface area contributed by atoms with Crippen LogP contribution in [-0.2, 0) is 16.6 Å². The zero-order chi connectivity index (χ0) is 20.5. The van der Waals surface area contributed by atoms with Crippen molar-refractivity contribution in [3.63, 3.8) is 0 Å². The molecule has 1 aromatic heterocycles. The highest BCUT2D eigenvalue weighted by Gasteiger charge is 2.20. The van der Waals surface area contributed by atoms with Crippen LogP contribution in [0, 0.1) is 30.9 Å². The minimum Gasteiger partial charge on any atom is -0.258 e. The molecule has 0 aliphatic rings. The first kappa shape index (κ1) is 20.1. The van der Waals surface area contributed by atoms with E-state index in [1.54, 1.807) is 0 Å². The fourth-order valence-electron chi connectivity index (χ4n) is 2.81. The monoisotopic (exact) mass is 417 g/mol. The number of nitrogens with one attached hydrogen (secondary N) is 1. The summed E-state index contributed by atoms with van der Waals surface area (Å²) in [5.74, 6) is 0. The third-order valence-corrected chi connectivity index (χ3v) is 7.10. The second-order valence-electron chi connectivity index (χ2n) is 6.37. The Morgan fingerprint density at radius 2 is 1.82 bits per heavy atom. The number of aromatic nitrogens is 1. The van der Waals surface area contributed by atoms with E-state index in [0.29, 0.717) is 5.56 Å². The summed E-state index contributed by atoms with van der Waals surface area (Å²) >= 11 is 1.45. The minimum absolute atomic E-state index is 0.0272. The summed E-state index contributed by atoms with van der Waals surface area (Å²) in [6, 6.07) is 11.6. The summed E-state index contributed by atoms with van der Waals surface area (Å²) in [7, 11) is -3.81. The summed E-state index contributed by atoms with van der Waals surface area (Å²) in [4.78, 5) is 15.7. The number of hydrogen-bond acceptors (Lipinski definition) is 6. The van der Waals surface area contributed by atoms with Crippen molar-refractivity contribution in [3.8, 4) is 10.6 Å². The zero-order valence-corrected chi connectivity index (χ0v) is 17.2. The average Bonchev–Trinajstić information content (AvgIpc) is 3.00. The molecule has 0 saturated heterocycles. The second kappa shape index (κ2) is 7.78. The standard InChI is InChI=1S/C19H19N3O4S2/c1-12-6-4-5-7-16(12)19-21-14(3)17(27-19)11-20-28(25,26)18-9-8-15(22(23)24)10-13(18)2/h4-10,20H,11H2,1-3H3. The molecule has 3 rings (SSSR count). The maximum atomic E-state index is 12.7. The molecule has 1 heterocycles. The van der Waals surface area contributed by atoms with Gasteiger partial charge in [0.25, 0.3) is 5.69 Å². The maximum absolute atomic E-state index is 12.7. The van der Waals surface area contributed by atoms with E-state index >= 15 is 0 Å². The molecule has 28 heavy (non-hydrogen) atoms. The van der Waals surface area contributed by atoms with Crippen molar-refractivity contribution >= 4 is 27.0 Å². The van der Waals surface area contributed by atoms with Crippen LogP contribution in [0.4, 0.5) is 5.69 Å². The molecular formula is C19H19N3O4S2. The summed E-state index contributed by atoms with van der Waals surface area (Å²) in [5, 5.41) is 11.7. The quantitative estimate of drug-likeness (QED) is 0.480. The molecule has 0 bridgehead atoms. The lowest BCUT2D eigenvalue weighted by Crippen LogP contribution is -2.24. The molecule has 146 valence electrons. The number of nitro benzene ring substituents is 1. The molecule has 1 N–H and O–H groups in total. The van der Waals surface area contributed by atoms with Crippen LogP contribution in [0.5, 0.6) is 0 Å². The predicted molar refractivity (Wildman–Crippen MR) is 109 cm³/mol. The highest BCUT2D eigenvalue weighted by molar-refractivity contribution is 7.89. The van der Waals surface area contributed by atoms with Crippen LogP contribution in [0.1, 0.15) is 21.7 Å². The Morgan fingerprint density at radius 3 is 2.46 bits per heavy atom. The Kier molecular flexibility index (Phi) is 5.59. The number of thiazole rings is 1. The zero-order valence-electron chi connectivity index (χ0n) is 15.6. The van der Waals surface area contributed by atoms with Crippen LogP contribution in [0.15, 0.2) is 47.4 Å². The van der Waals surface area contributed by atoms with Gasteiger partial charge in [-0.15, -0.1) is 11.3 Å². The molecule has 0 unspecified atom stereocenters. The van der Waals surface area contributed by atoms with Gasteiger partial charge in [-0.05, 0) is 38.0 Å². The summed E-state index contributed by atoms with van der Waals surface area (Å²) < 4.78 is 27.9. The van der Waals surface area contributed by atoms with Crippen molar-refractivity contribution in [3.05, 3.63) is 74.3 Å². The van der Waals surface area contributed by atoms with Crippen LogP contribution in [0.2, 0.25) is 0 Å². The first-order valence-electron chi connectivity index (χ1n) is 8.46. The van der Waals surface area contributed by atoms with E-state index in [4.69, 9.17) is 0 Å². The first-order chi connectivity index (χ1) is 13.2. The van der Waals surface area contributed by atoms with Gasteiger partial charge in [0, 0.05) is 29.1 Å². The molecule has 0 amide bonds. The first-order valence-corrected chi connectivity index (χ1v) is 10.8. The smallest absolute Gasteiger partial charge is 0.258 e. The molecular weight excluding hydrogens is 398 g/mol. The van der Waals surface area contributed by atoms with Gasteiger partial charge >= 0.3 is 0 Å². The predicted octanol–water partition coefficient (Wildman–Crippen LogP) is 4.12.